The first-order valence-electron chi connectivity index (χ1n) is 5.10. The summed E-state index contributed by atoms with van der Waals surface area (Å²) in [5.74, 6) is 0.221. The number of nitrogens with zero attached hydrogens (tertiary/aromatic N) is 1. The van der Waals surface area contributed by atoms with Crippen LogP contribution in [-0.4, -0.2) is 42.9 Å². The largest absolute Gasteiger partial charge is 0.469 e. The molecule has 0 aromatic rings. The Balaban J connectivity index is 2.35. The molecular weight excluding hydrogens is 218 g/mol. The van der Waals surface area contributed by atoms with Gasteiger partial charge >= 0.3 is 5.97 Å². The maximum atomic E-state index is 11.5. The zero-order chi connectivity index (χ0) is 11.3. The van der Waals surface area contributed by atoms with Gasteiger partial charge in [-0.15, -0.1) is 11.6 Å². The second-order valence-corrected chi connectivity index (χ2v) is 4.00. The molecule has 0 aliphatic carbocycles. The fourth-order valence-corrected chi connectivity index (χ4v) is 1.93. The number of hydrogen-bond acceptors (Lipinski definition) is 3. The van der Waals surface area contributed by atoms with Gasteiger partial charge in [0.15, 0.2) is 0 Å². The van der Waals surface area contributed by atoms with E-state index < -0.39 is 0 Å². The lowest BCUT2D eigenvalue weighted by Gasteiger charge is -2.30. The Labute approximate surface area is 94.5 Å². The minimum Gasteiger partial charge on any atom is -0.469 e. The number of carbonyl (C=O) groups excluding carboxylic acids is 2. The molecule has 1 aliphatic rings. The van der Waals surface area contributed by atoms with Crippen LogP contribution in [0.25, 0.3) is 0 Å². The normalized spacial score (nSPS) is 17.6. The Morgan fingerprint density at radius 1 is 1.40 bits per heavy atom. The highest BCUT2D eigenvalue weighted by Crippen LogP contribution is 2.18. The summed E-state index contributed by atoms with van der Waals surface area (Å²) >= 11 is 5.50. The van der Waals surface area contributed by atoms with Gasteiger partial charge in [0.1, 0.15) is 0 Å². The van der Waals surface area contributed by atoms with Crippen molar-refractivity contribution in [3.8, 4) is 0 Å². The number of carbonyl (C=O) groups is 2. The first-order chi connectivity index (χ1) is 7.19. The molecule has 15 heavy (non-hydrogen) atoms. The third-order valence-corrected chi connectivity index (χ3v) is 2.88. The molecule has 5 heteroatoms. The van der Waals surface area contributed by atoms with E-state index in [9.17, 15) is 9.59 Å². The topological polar surface area (TPSA) is 46.6 Å². The number of amides is 1. The van der Waals surface area contributed by atoms with E-state index in [1.807, 2.05) is 0 Å². The third kappa shape index (κ3) is 3.38. The van der Waals surface area contributed by atoms with E-state index in [4.69, 9.17) is 11.6 Å². The van der Waals surface area contributed by atoms with Gasteiger partial charge in [0.2, 0.25) is 5.91 Å². The van der Waals surface area contributed by atoms with E-state index in [2.05, 4.69) is 4.74 Å². The van der Waals surface area contributed by atoms with Crippen LogP contribution < -0.4 is 0 Å². The first-order valence-corrected chi connectivity index (χ1v) is 5.64. The van der Waals surface area contributed by atoms with E-state index in [1.165, 1.54) is 7.11 Å². The van der Waals surface area contributed by atoms with Crippen molar-refractivity contribution in [2.24, 2.45) is 5.92 Å². The van der Waals surface area contributed by atoms with Crippen LogP contribution in [0.4, 0.5) is 0 Å². The molecular formula is C10H16ClNO3. The highest BCUT2D eigenvalue weighted by Gasteiger charge is 2.27. The molecule has 1 saturated heterocycles. The smallest absolute Gasteiger partial charge is 0.308 e. The Hall–Kier alpha value is -0.770. The molecule has 0 aromatic carbocycles. The first kappa shape index (κ1) is 12.3. The number of alkyl halides is 1. The van der Waals surface area contributed by atoms with E-state index >= 15 is 0 Å². The molecule has 0 N–H and O–H groups in total. The number of ether oxygens (including phenoxy) is 1. The molecule has 86 valence electrons. The molecule has 0 bridgehead atoms. The zero-order valence-corrected chi connectivity index (χ0v) is 9.63. The highest BCUT2D eigenvalue weighted by atomic mass is 35.5. The number of halogens is 1. The number of piperidine rings is 1. The van der Waals surface area contributed by atoms with Gasteiger partial charge in [-0.2, -0.15) is 0 Å². The highest BCUT2D eigenvalue weighted by molar-refractivity contribution is 6.18. The molecule has 1 rings (SSSR count). The summed E-state index contributed by atoms with van der Waals surface area (Å²) < 4.78 is 4.67. The van der Waals surface area contributed by atoms with Crippen LogP contribution in [0, 0.1) is 5.92 Å². The van der Waals surface area contributed by atoms with Crippen molar-refractivity contribution in [1.29, 1.82) is 0 Å². The van der Waals surface area contributed by atoms with Crippen molar-refractivity contribution >= 4 is 23.5 Å². The predicted octanol–water partition coefficient (Wildman–Crippen LogP) is 1.03. The molecule has 0 unspecified atom stereocenters. The van der Waals surface area contributed by atoms with E-state index in [-0.39, 0.29) is 17.8 Å². The summed E-state index contributed by atoms with van der Waals surface area (Å²) in [4.78, 5) is 24.5. The number of methoxy groups -OCH3 is 1. The molecule has 0 radical (unpaired) electrons. The van der Waals surface area contributed by atoms with Crippen LogP contribution in [0.1, 0.15) is 19.3 Å². The maximum absolute atomic E-state index is 11.5. The van der Waals surface area contributed by atoms with Gasteiger partial charge in [0.05, 0.1) is 13.0 Å². The summed E-state index contributed by atoms with van der Waals surface area (Å²) in [5.41, 5.74) is 0. The standard InChI is InChI=1S/C10H16ClNO3/c1-15-10(14)8-3-6-12(7-4-8)9(13)2-5-11/h8H,2-7H2,1H3. The van der Waals surface area contributed by atoms with Crippen molar-refractivity contribution in [3.05, 3.63) is 0 Å². The lowest BCUT2D eigenvalue weighted by Crippen LogP contribution is -2.40. The number of esters is 1. The van der Waals surface area contributed by atoms with Crippen molar-refractivity contribution in [2.45, 2.75) is 19.3 Å². The average Bonchev–Trinajstić information content (AvgIpc) is 2.28. The molecule has 0 spiro atoms. The van der Waals surface area contributed by atoms with E-state index in [0.717, 1.165) is 0 Å². The van der Waals surface area contributed by atoms with Crippen molar-refractivity contribution in [3.63, 3.8) is 0 Å². The van der Waals surface area contributed by atoms with Crippen LogP contribution in [0.2, 0.25) is 0 Å². The van der Waals surface area contributed by atoms with Crippen LogP contribution in [0.5, 0.6) is 0 Å². The molecule has 1 heterocycles. The van der Waals surface area contributed by atoms with Gasteiger partial charge < -0.3 is 9.64 Å². The molecule has 1 amide bonds. The monoisotopic (exact) mass is 233 g/mol. The van der Waals surface area contributed by atoms with E-state index in [0.29, 0.717) is 38.2 Å². The zero-order valence-electron chi connectivity index (χ0n) is 8.87. The van der Waals surface area contributed by atoms with Crippen LogP contribution in [0.3, 0.4) is 0 Å². The van der Waals surface area contributed by atoms with Crippen molar-refractivity contribution < 1.29 is 14.3 Å². The third-order valence-electron chi connectivity index (χ3n) is 2.69. The summed E-state index contributed by atoms with van der Waals surface area (Å²) in [6.07, 6.45) is 1.77. The summed E-state index contributed by atoms with van der Waals surface area (Å²) in [7, 11) is 1.40. The fraction of sp³-hybridized carbons (Fsp3) is 0.800. The SMILES string of the molecule is COC(=O)C1CCN(C(=O)CCCl)CC1. The minimum atomic E-state index is -0.167. The number of rotatable bonds is 3. The quantitative estimate of drug-likeness (QED) is 0.540. The molecule has 0 aromatic heterocycles. The lowest BCUT2D eigenvalue weighted by molar-refractivity contribution is -0.148. The van der Waals surface area contributed by atoms with Crippen LogP contribution >= 0.6 is 11.6 Å². The molecule has 0 atom stereocenters. The number of likely N-dealkylation sites (tertiary alicyclic amines) is 1. The summed E-state index contributed by atoms with van der Waals surface area (Å²) in [6, 6.07) is 0. The maximum Gasteiger partial charge on any atom is 0.308 e. The van der Waals surface area contributed by atoms with E-state index in [1.54, 1.807) is 4.90 Å². The van der Waals surface area contributed by atoms with Crippen molar-refractivity contribution in [1.82, 2.24) is 4.90 Å². The summed E-state index contributed by atoms with van der Waals surface area (Å²) in [5, 5.41) is 0. The molecule has 4 nitrogen and oxygen atoms in total. The van der Waals surface area contributed by atoms with Crippen LogP contribution in [-0.2, 0) is 14.3 Å². The minimum absolute atomic E-state index is 0.0462. The molecule has 0 saturated carbocycles. The van der Waals surface area contributed by atoms with Crippen molar-refractivity contribution in [2.75, 3.05) is 26.1 Å². The van der Waals surface area contributed by atoms with Gasteiger partial charge in [0, 0.05) is 25.4 Å². The lowest BCUT2D eigenvalue weighted by atomic mass is 9.97. The molecule has 1 fully saturated rings. The Morgan fingerprint density at radius 3 is 2.47 bits per heavy atom. The second-order valence-electron chi connectivity index (χ2n) is 3.62. The van der Waals surface area contributed by atoms with Crippen LogP contribution in [0.15, 0.2) is 0 Å². The Kier molecular flexibility index (Phi) is 4.88. The van der Waals surface area contributed by atoms with Gasteiger partial charge in [-0.3, -0.25) is 9.59 Å². The summed E-state index contributed by atoms with van der Waals surface area (Å²) in [6.45, 7) is 1.27. The van der Waals surface area contributed by atoms with Gasteiger partial charge in [-0.05, 0) is 12.8 Å². The fourth-order valence-electron chi connectivity index (χ4n) is 1.77. The van der Waals surface area contributed by atoms with Gasteiger partial charge in [-0.25, -0.2) is 0 Å². The Morgan fingerprint density at radius 2 is 2.00 bits per heavy atom. The number of hydrogen-bond donors (Lipinski definition) is 0. The van der Waals surface area contributed by atoms with Gasteiger partial charge in [-0.1, -0.05) is 0 Å². The predicted molar refractivity (Wildman–Crippen MR) is 56.7 cm³/mol. The Bertz CT molecular complexity index is 237. The van der Waals surface area contributed by atoms with Gasteiger partial charge in [0.25, 0.3) is 0 Å². The second kappa shape index (κ2) is 5.95. The molecule has 1 aliphatic heterocycles. The average molecular weight is 234 g/mol.